The maximum absolute atomic E-state index is 11.8. The molecule has 1 heterocycles. The average Bonchev–Trinajstić information content (AvgIpc) is 2.36. The highest BCUT2D eigenvalue weighted by molar-refractivity contribution is 5.32. The van der Waals surface area contributed by atoms with Gasteiger partial charge in [0.2, 0.25) is 0 Å². The van der Waals surface area contributed by atoms with Crippen molar-refractivity contribution in [1.29, 1.82) is 0 Å². The third-order valence-electron chi connectivity index (χ3n) is 3.78. The summed E-state index contributed by atoms with van der Waals surface area (Å²) in [6.07, 6.45) is 9.46. The Labute approximate surface area is 102 Å². The molecule has 0 radical (unpaired) electrons. The molecule has 0 saturated heterocycles. The van der Waals surface area contributed by atoms with E-state index >= 15 is 0 Å². The van der Waals surface area contributed by atoms with E-state index in [4.69, 9.17) is 0 Å². The minimum absolute atomic E-state index is 0.0369. The molecule has 0 spiro atoms. The Kier molecular flexibility index (Phi) is 3.82. The molecule has 0 amide bonds. The van der Waals surface area contributed by atoms with Crippen molar-refractivity contribution in [2.24, 2.45) is 13.0 Å². The van der Waals surface area contributed by atoms with E-state index in [0.717, 1.165) is 18.8 Å². The van der Waals surface area contributed by atoms with E-state index in [1.165, 1.54) is 19.3 Å². The summed E-state index contributed by atoms with van der Waals surface area (Å²) < 4.78 is 1.56. The standard InChI is InChI=1S/C13H21N3O/c1-3-10-4-6-11(7-5-10)15-12-13(17)16(2)9-8-14-12/h8-11H,3-7H2,1-2H3,(H,14,15). The summed E-state index contributed by atoms with van der Waals surface area (Å²) in [5.74, 6) is 1.37. The molecule has 1 aromatic heterocycles. The lowest BCUT2D eigenvalue weighted by atomic mass is 9.84. The van der Waals surface area contributed by atoms with E-state index in [0.29, 0.717) is 11.9 Å². The van der Waals surface area contributed by atoms with Crippen molar-refractivity contribution < 1.29 is 0 Å². The van der Waals surface area contributed by atoms with Crippen molar-refractivity contribution in [1.82, 2.24) is 9.55 Å². The van der Waals surface area contributed by atoms with Crippen molar-refractivity contribution >= 4 is 5.82 Å². The summed E-state index contributed by atoms with van der Waals surface area (Å²) in [6.45, 7) is 2.26. The predicted molar refractivity (Wildman–Crippen MR) is 69.1 cm³/mol. The molecule has 1 saturated carbocycles. The van der Waals surface area contributed by atoms with Crippen LogP contribution in [0.4, 0.5) is 5.82 Å². The minimum Gasteiger partial charge on any atom is -0.363 e. The number of nitrogens with zero attached hydrogens (tertiary/aromatic N) is 2. The molecule has 4 heteroatoms. The van der Waals surface area contributed by atoms with Crippen LogP contribution in [0.25, 0.3) is 0 Å². The van der Waals surface area contributed by atoms with E-state index in [2.05, 4.69) is 17.2 Å². The highest BCUT2D eigenvalue weighted by atomic mass is 16.1. The highest BCUT2D eigenvalue weighted by Gasteiger charge is 2.20. The van der Waals surface area contributed by atoms with Gasteiger partial charge >= 0.3 is 0 Å². The summed E-state index contributed by atoms with van der Waals surface area (Å²) in [5.41, 5.74) is -0.0369. The molecule has 1 aromatic rings. The molecule has 94 valence electrons. The van der Waals surface area contributed by atoms with Crippen LogP contribution in [0.3, 0.4) is 0 Å². The molecule has 4 nitrogen and oxygen atoms in total. The minimum atomic E-state index is -0.0369. The zero-order valence-electron chi connectivity index (χ0n) is 10.6. The van der Waals surface area contributed by atoms with Crippen LogP contribution in [0.15, 0.2) is 17.2 Å². The molecule has 0 unspecified atom stereocenters. The SMILES string of the molecule is CCC1CCC(Nc2nccn(C)c2=O)CC1. The molecule has 1 fully saturated rings. The second kappa shape index (κ2) is 5.34. The van der Waals surface area contributed by atoms with Gasteiger partial charge in [0.25, 0.3) is 5.56 Å². The average molecular weight is 235 g/mol. The quantitative estimate of drug-likeness (QED) is 0.873. The van der Waals surface area contributed by atoms with Gasteiger partial charge in [-0.3, -0.25) is 4.79 Å². The fourth-order valence-corrected chi connectivity index (χ4v) is 2.51. The van der Waals surface area contributed by atoms with Gasteiger partial charge in [-0.05, 0) is 31.6 Å². The Morgan fingerprint density at radius 3 is 2.76 bits per heavy atom. The number of hydrogen-bond acceptors (Lipinski definition) is 3. The van der Waals surface area contributed by atoms with Crippen LogP contribution < -0.4 is 10.9 Å². The summed E-state index contributed by atoms with van der Waals surface area (Å²) in [6, 6.07) is 0.417. The highest BCUT2D eigenvalue weighted by Crippen LogP contribution is 2.27. The monoisotopic (exact) mass is 235 g/mol. The smallest absolute Gasteiger partial charge is 0.293 e. The Morgan fingerprint density at radius 1 is 1.41 bits per heavy atom. The van der Waals surface area contributed by atoms with Gasteiger partial charge in [0.15, 0.2) is 5.82 Å². The Balaban J connectivity index is 1.98. The summed E-state index contributed by atoms with van der Waals surface area (Å²) in [7, 11) is 1.75. The largest absolute Gasteiger partial charge is 0.363 e. The second-order valence-electron chi connectivity index (χ2n) is 4.96. The lowest BCUT2D eigenvalue weighted by molar-refractivity contribution is 0.329. The third-order valence-corrected chi connectivity index (χ3v) is 3.78. The van der Waals surface area contributed by atoms with Crippen molar-refractivity contribution in [3.63, 3.8) is 0 Å². The predicted octanol–water partition coefficient (Wildman–Crippen LogP) is 2.16. The van der Waals surface area contributed by atoms with Gasteiger partial charge in [0.05, 0.1) is 0 Å². The molecule has 0 aromatic carbocycles. The van der Waals surface area contributed by atoms with Gasteiger partial charge < -0.3 is 9.88 Å². The van der Waals surface area contributed by atoms with Gasteiger partial charge in [-0.2, -0.15) is 0 Å². The van der Waals surface area contributed by atoms with E-state index in [9.17, 15) is 4.79 Å². The van der Waals surface area contributed by atoms with E-state index in [1.54, 1.807) is 24.0 Å². The first kappa shape index (κ1) is 12.1. The topological polar surface area (TPSA) is 46.9 Å². The van der Waals surface area contributed by atoms with Crippen LogP contribution in [-0.2, 0) is 7.05 Å². The summed E-state index contributed by atoms with van der Waals surface area (Å²) in [4.78, 5) is 15.9. The lowest BCUT2D eigenvalue weighted by Gasteiger charge is -2.28. The first-order valence-corrected chi connectivity index (χ1v) is 6.49. The van der Waals surface area contributed by atoms with Crippen molar-refractivity contribution in [3.05, 3.63) is 22.7 Å². The number of rotatable bonds is 3. The molecule has 1 aliphatic rings. The number of anilines is 1. The summed E-state index contributed by atoms with van der Waals surface area (Å²) >= 11 is 0. The number of hydrogen-bond donors (Lipinski definition) is 1. The zero-order chi connectivity index (χ0) is 12.3. The Morgan fingerprint density at radius 2 is 2.12 bits per heavy atom. The maximum Gasteiger partial charge on any atom is 0.293 e. The first-order chi connectivity index (χ1) is 8.20. The van der Waals surface area contributed by atoms with Crippen molar-refractivity contribution in [2.75, 3.05) is 5.32 Å². The van der Waals surface area contributed by atoms with Crippen molar-refractivity contribution in [3.8, 4) is 0 Å². The lowest BCUT2D eigenvalue weighted by Crippen LogP contribution is -2.31. The van der Waals surface area contributed by atoms with Crippen LogP contribution in [0.1, 0.15) is 39.0 Å². The first-order valence-electron chi connectivity index (χ1n) is 6.49. The molecular weight excluding hydrogens is 214 g/mol. The number of aromatic nitrogens is 2. The van der Waals surface area contributed by atoms with Crippen LogP contribution in [0, 0.1) is 5.92 Å². The van der Waals surface area contributed by atoms with Crippen LogP contribution in [0.2, 0.25) is 0 Å². The molecule has 0 bridgehead atoms. The Hall–Kier alpha value is -1.32. The van der Waals surface area contributed by atoms with Gasteiger partial charge in [-0.1, -0.05) is 13.3 Å². The van der Waals surface area contributed by atoms with Gasteiger partial charge in [0.1, 0.15) is 0 Å². The molecule has 1 N–H and O–H groups in total. The zero-order valence-corrected chi connectivity index (χ0v) is 10.6. The molecular formula is C13H21N3O. The van der Waals surface area contributed by atoms with Gasteiger partial charge in [0, 0.05) is 25.5 Å². The number of aryl methyl sites for hydroxylation is 1. The summed E-state index contributed by atoms with van der Waals surface area (Å²) in [5, 5.41) is 3.29. The normalized spacial score (nSPS) is 24.6. The molecule has 17 heavy (non-hydrogen) atoms. The second-order valence-corrected chi connectivity index (χ2v) is 4.96. The van der Waals surface area contributed by atoms with E-state index in [-0.39, 0.29) is 5.56 Å². The van der Waals surface area contributed by atoms with Gasteiger partial charge in [-0.15, -0.1) is 0 Å². The third kappa shape index (κ3) is 2.87. The fraction of sp³-hybridized carbons (Fsp3) is 0.692. The maximum atomic E-state index is 11.8. The van der Waals surface area contributed by atoms with Crippen LogP contribution >= 0.6 is 0 Å². The molecule has 1 aliphatic carbocycles. The molecule has 2 rings (SSSR count). The van der Waals surface area contributed by atoms with Crippen LogP contribution in [-0.4, -0.2) is 15.6 Å². The number of nitrogens with one attached hydrogen (secondary N) is 1. The van der Waals surface area contributed by atoms with Gasteiger partial charge in [-0.25, -0.2) is 4.98 Å². The Bertz CT molecular complexity index is 419. The van der Waals surface area contributed by atoms with Crippen molar-refractivity contribution in [2.45, 2.75) is 45.1 Å². The van der Waals surface area contributed by atoms with E-state index < -0.39 is 0 Å². The molecule has 0 aliphatic heterocycles. The molecule has 0 atom stereocenters. The fourth-order valence-electron chi connectivity index (χ4n) is 2.51. The van der Waals surface area contributed by atoms with E-state index in [1.807, 2.05) is 0 Å². The van der Waals surface area contributed by atoms with Crippen LogP contribution in [0.5, 0.6) is 0 Å².